The molecule has 0 saturated heterocycles. The molecule has 0 bridgehead atoms. The third kappa shape index (κ3) is 3.30. The van der Waals surface area contributed by atoms with Crippen LogP contribution in [0.4, 0.5) is 0 Å². The van der Waals surface area contributed by atoms with Gasteiger partial charge in [-0.1, -0.05) is 27.7 Å². The fourth-order valence-corrected chi connectivity index (χ4v) is 8.89. The number of carbonyl (C=O) groups excluding carboxylic acids is 2. The first-order valence-corrected chi connectivity index (χ1v) is 12.4. The smallest absolute Gasteiger partial charge is 0.316 e. The number of fused-ring (bicyclic) bond motifs is 5. The van der Waals surface area contributed by atoms with E-state index in [0.717, 1.165) is 36.0 Å². The second-order valence-electron chi connectivity index (χ2n) is 11.6. The van der Waals surface area contributed by atoms with Crippen molar-refractivity contribution < 1.29 is 14.3 Å². The van der Waals surface area contributed by atoms with Crippen LogP contribution in [0.15, 0.2) is 0 Å². The van der Waals surface area contributed by atoms with Crippen molar-refractivity contribution in [3.63, 3.8) is 0 Å². The van der Waals surface area contributed by atoms with Gasteiger partial charge in [-0.2, -0.15) is 0 Å². The third-order valence-corrected chi connectivity index (χ3v) is 10.3. The van der Waals surface area contributed by atoms with Crippen molar-refractivity contribution in [3.05, 3.63) is 0 Å². The Kier molecular flexibility index (Phi) is 5.66. The number of hydrogen-bond donors (Lipinski definition) is 0. The number of ketones is 1. The first-order chi connectivity index (χ1) is 13.7. The van der Waals surface area contributed by atoms with Crippen LogP contribution in [0.5, 0.6) is 0 Å². The van der Waals surface area contributed by atoms with Gasteiger partial charge in [0, 0.05) is 6.42 Å². The summed E-state index contributed by atoms with van der Waals surface area (Å²) in [5.74, 6) is 3.92. The minimum atomic E-state index is -0.513. The normalized spacial score (nSPS) is 47.2. The molecule has 8 atom stereocenters. The molecule has 0 aliphatic heterocycles. The number of rotatable bonds is 3. The molecule has 164 valence electrons. The molecule has 0 aromatic heterocycles. The molecule has 0 radical (unpaired) electrons. The molecule has 29 heavy (non-hydrogen) atoms. The average molecular weight is 403 g/mol. The maximum atomic E-state index is 12.9. The first kappa shape index (κ1) is 21.4. The zero-order valence-electron chi connectivity index (χ0n) is 19.3. The summed E-state index contributed by atoms with van der Waals surface area (Å²) in [6, 6.07) is 0. The summed E-state index contributed by atoms with van der Waals surface area (Å²) in [5.41, 5.74) is 0.740. The molecule has 3 heteroatoms. The number of carbonyl (C=O) groups is 2. The van der Waals surface area contributed by atoms with E-state index < -0.39 is 5.92 Å². The highest BCUT2D eigenvalue weighted by molar-refractivity contribution is 5.99. The van der Waals surface area contributed by atoms with Gasteiger partial charge in [-0.15, -0.1) is 0 Å². The fraction of sp³-hybridized carbons (Fsp3) is 0.923. The van der Waals surface area contributed by atoms with Crippen LogP contribution in [0.3, 0.4) is 0 Å². The molecule has 5 unspecified atom stereocenters. The molecular formula is C26H42O3. The summed E-state index contributed by atoms with van der Waals surface area (Å²) >= 11 is 0. The van der Waals surface area contributed by atoms with Gasteiger partial charge in [0.25, 0.3) is 0 Å². The van der Waals surface area contributed by atoms with E-state index in [-0.39, 0.29) is 17.2 Å². The van der Waals surface area contributed by atoms with E-state index in [2.05, 4.69) is 27.7 Å². The SMILES string of the molecule is CCOC(=O)C1CC[C@@]2(C)C(CC[C@H]3C4CC[C@H](C(C)C)C4(C)CCC32)CC1=O. The molecule has 4 rings (SSSR count). The predicted molar refractivity (Wildman–Crippen MR) is 115 cm³/mol. The van der Waals surface area contributed by atoms with E-state index in [1.807, 2.05) is 6.92 Å². The first-order valence-electron chi connectivity index (χ1n) is 12.4. The lowest BCUT2D eigenvalue weighted by Crippen LogP contribution is -2.52. The standard InChI is InChI=1S/C26H42O3/c1-6-29-24(28)19-11-13-25(4)17(15-23(19)27)7-8-18-21-10-9-20(16(2)3)26(21,5)14-12-22(18)25/h16-22H,6-15H2,1-5H3/t17?,18-,19?,20+,21?,22?,25-,26?/m0/s1. The Morgan fingerprint density at radius 1 is 1.00 bits per heavy atom. The topological polar surface area (TPSA) is 43.4 Å². The largest absolute Gasteiger partial charge is 0.465 e. The van der Waals surface area contributed by atoms with Gasteiger partial charge in [-0.05, 0) is 105 Å². The molecule has 4 aliphatic carbocycles. The molecule has 0 N–H and O–H groups in total. The second-order valence-corrected chi connectivity index (χ2v) is 11.6. The highest BCUT2D eigenvalue weighted by Crippen LogP contribution is 2.67. The number of hydrogen-bond acceptors (Lipinski definition) is 3. The van der Waals surface area contributed by atoms with Gasteiger partial charge in [0.2, 0.25) is 0 Å². The minimum Gasteiger partial charge on any atom is -0.465 e. The van der Waals surface area contributed by atoms with E-state index in [9.17, 15) is 9.59 Å². The summed E-state index contributed by atoms with van der Waals surface area (Å²) < 4.78 is 5.24. The Morgan fingerprint density at radius 2 is 1.69 bits per heavy atom. The summed E-state index contributed by atoms with van der Waals surface area (Å²) in [6.45, 7) is 12.1. The maximum Gasteiger partial charge on any atom is 0.316 e. The molecule has 3 nitrogen and oxygen atoms in total. The predicted octanol–water partition coefficient (Wildman–Crippen LogP) is 6.05. The van der Waals surface area contributed by atoms with Crippen LogP contribution < -0.4 is 0 Å². The number of esters is 1. The Balaban J connectivity index is 1.57. The van der Waals surface area contributed by atoms with Crippen LogP contribution in [0.25, 0.3) is 0 Å². The lowest BCUT2D eigenvalue weighted by Gasteiger charge is -2.59. The zero-order valence-corrected chi connectivity index (χ0v) is 19.3. The molecule has 0 aromatic carbocycles. The van der Waals surface area contributed by atoms with Crippen molar-refractivity contribution in [1.29, 1.82) is 0 Å². The monoisotopic (exact) mass is 402 g/mol. The van der Waals surface area contributed by atoms with Gasteiger partial charge >= 0.3 is 5.97 Å². The van der Waals surface area contributed by atoms with Crippen molar-refractivity contribution in [2.24, 2.45) is 52.3 Å². The molecule has 0 aromatic rings. The summed E-state index contributed by atoms with van der Waals surface area (Å²) in [4.78, 5) is 25.3. The average Bonchev–Trinajstić information content (AvgIpc) is 2.95. The molecule has 4 aliphatic rings. The zero-order chi connectivity index (χ0) is 21.0. The van der Waals surface area contributed by atoms with Crippen molar-refractivity contribution >= 4 is 11.8 Å². The Labute approximate surface area is 177 Å². The van der Waals surface area contributed by atoms with Crippen molar-refractivity contribution in [2.45, 2.75) is 92.4 Å². The van der Waals surface area contributed by atoms with E-state index in [4.69, 9.17) is 4.74 Å². The van der Waals surface area contributed by atoms with Crippen LogP contribution >= 0.6 is 0 Å². The van der Waals surface area contributed by atoms with Crippen molar-refractivity contribution in [3.8, 4) is 0 Å². The highest BCUT2D eigenvalue weighted by Gasteiger charge is 2.60. The van der Waals surface area contributed by atoms with E-state index in [1.165, 1.54) is 38.5 Å². The lowest BCUT2D eigenvalue weighted by molar-refractivity contribution is -0.151. The van der Waals surface area contributed by atoms with E-state index in [0.29, 0.717) is 30.8 Å². The minimum absolute atomic E-state index is 0.150. The second kappa shape index (κ2) is 7.68. The summed E-state index contributed by atoms with van der Waals surface area (Å²) in [7, 11) is 0. The van der Waals surface area contributed by atoms with Crippen LogP contribution in [0, 0.1) is 52.3 Å². The van der Waals surface area contributed by atoms with Gasteiger partial charge < -0.3 is 4.74 Å². The molecule has 0 heterocycles. The Bertz CT molecular complexity index is 654. The van der Waals surface area contributed by atoms with Gasteiger partial charge in [-0.3, -0.25) is 9.59 Å². The van der Waals surface area contributed by atoms with Crippen LogP contribution in [-0.2, 0) is 14.3 Å². The van der Waals surface area contributed by atoms with Gasteiger partial charge in [0.15, 0.2) is 0 Å². The number of Topliss-reactive ketones (excluding diaryl/α,β-unsaturated/α-hetero) is 1. The Hall–Kier alpha value is -0.860. The van der Waals surface area contributed by atoms with Gasteiger partial charge in [0.1, 0.15) is 11.7 Å². The van der Waals surface area contributed by atoms with Gasteiger partial charge in [0.05, 0.1) is 6.61 Å². The molecule has 0 amide bonds. The summed E-state index contributed by atoms with van der Waals surface area (Å²) in [6.07, 6.45) is 10.3. The lowest BCUT2D eigenvalue weighted by atomic mass is 9.46. The van der Waals surface area contributed by atoms with Gasteiger partial charge in [-0.25, -0.2) is 0 Å². The fourth-order valence-electron chi connectivity index (χ4n) is 8.89. The van der Waals surface area contributed by atoms with Crippen molar-refractivity contribution in [2.75, 3.05) is 6.61 Å². The molecular weight excluding hydrogens is 360 g/mol. The number of ether oxygens (including phenoxy) is 1. The van der Waals surface area contributed by atoms with Crippen LogP contribution in [0.1, 0.15) is 92.4 Å². The van der Waals surface area contributed by atoms with E-state index >= 15 is 0 Å². The quantitative estimate of drug-likeness (QED) is 0.426. The maximum absolute atomic E-state index is 12.9. The molecule has 4 saturated carbocycles. The highest BCUT2D eigenvalue weighted by atomic mass is 16.5. The van der Waals surface area contributed by atoms with Crippen LogP contribution in [-0.4, -0.2) is 18.4 Å². The Morgan fingerprint density at radius 3 is 2.38 bits per heavy atom. The van der Waals surface area contributed by atoms with Crippen LogP contribution in [0.2, 0.25) is 0 Å². The summed E-state index contributed by atoms with van der Waals surface area (Å²) in [5, 5.41) is 0. The molecule has 4 fully saturated rings. The van der Waals surface area contributed by atoms with Crippen molar-refractivity contribution in [1.82, 2.24) is 0 Å². The van der Waals surface area contributed by atoms with E-state index in [1.54, 1.807) is 0 Å². The molecule has 0 spiro atoms. The third-order valence-electron chi connectivity index (χ3n) is 10.3.